The Morgan fingerprint density at radius 1 is 1.19 bits per heavy atom. The van der Waals surface area contributed by atoms with Crippen molar-refractivity contribution >= 4 is 0 Å². The maximum atomic E-state index is 5.36. The van der Waals surface area contributed by atoms with Gasteiger partial charge in [-0.15, -0.1) is 0 Å². The zero-order valence-corrected chi connectivity index (χ0v) is 10.2. The van der Waals surface area contributed by atoms with Gasteiger partial charge in [0.2, 0.25) is 0 Å². The highest BCUT2D eigenvalue weighted by Gasteiger charge is 2.39. The molecule has 3 fully saturated rings. The summed E-state index contributed by atoms with van der Waals surface area (Å²) in [5, 5.41) is 2.34. The summed E-state index contributed by atoms with van der Waals surface area (Å²) < 4.78 is 5.36. The van der Waals surface area contributed by atoms with Gasteiger partial charge >= 0.3 is 0 Å². The van der Waals surface area contributed by atoms with Crippen LogP contribution in [-0.4, -0.2) is 60.9 Å². The van der Waals surface area contributed by atoms with Crippen molar-refractivity contribution < 1.29 is 4.74 Å². The van der Waals surface area contributed by atoms with Crippen LogP contribution in [0.4, 0.5) is 0 Å². The minimum Gasteiger partial charge on any atom is -0.379 e. The summed E-state index contributed by atoms with van der Waals surface area (Å²) in [4.78, 5) is 2.69. The number of hydrogen-bond acceptors (Lipinski definition) is 4. The van der Waals surface area contributed by atoms with Crippen LogP contribution >= 0.6 is 0 Å². The fourth-order valence-electron chi connectivity index (χ4n) is 3.02. The molecule has 2 saturated heterocycles. The lowest BCUT2D eigenvalue weighted by Crippen LogP contribution is -2.50. The summed E-state index contributed by atoms with van der Waals surface area (Å²) in [7, 11) is 0. The van der Waals surface area contributed by atoms with Crippen molar-refractivity contribution in [3.8, 4) is 0 Å². The van der Waals surface area contributed by atoms with Gasteiger partial charge in [0.05, 0.1) is 13.2 Å². The quantitative estimate of drug-likeness (QED) is 0.755. The molecule has 0 radical (unpaired) electrons. The second-order valence-corrected chi connectivity index (χ2v) is 5.44. The number of hydrogen-bond donors (Lipinski definition) is 1. The minimum absolute atomic E-state index is 0.661. The molecule has 2 unspecified atom stereocenters. The summed E-state index contributed by atoms with van der Waals surface area (Å²) in [5.41, 5.74) is 3.67. The third kappa shape index (κ3) is 2.40. The fraction of sp³-hybridized carbons (Fsp3) is 1.00. The van der Waals surface area contributed by atoms with Gasteiger partial charge in [0, 0.05) is 37.8 Å². The van der Waals surface area contributed by atoms with Crippen molar-refractivity contribution in [2.24, 2.45) is 0 Å². The van der Waals surface area contributed by atoms with Crippen molar-refractivity contribution in [1.82, 2.24) is 15.3 Å². The largest absolute Gasteiger partial charge is 0.379 e. The Kier molecular flexibility index (Phi) is 3.16. The van der Waals surface area contributed by atoms with Gasteiger partial charge in [-0.2, -0.15) is 0 Å². The molecule has 3 aliphatic rings. The lowest BCUT2D eigenvalue weighted by atomic mass is 10.2. The lowest BCUT2D eigenvalue weighted by molar-refractivity contribution is 0.00432. The van der Waals surface area contributed by atoms with Crippen molar-refractivity contribution in [3.63, 3.8) is 0 Å². The molecule has 1 aliphatic carbocycles. The molecule has 0 spiro atoms. The number of morpholine rings is 1. The van der Waals surface area contributed by atoms with Gasteiger partial charge in [-0.1, -0.05) is 0 Å². The van der Waals surface area contributed by atoms with E-state index in [4.69, 9.17) is 4.74 Å². The predicted octanol–water partition coefficient (Wildman–Crippen LogP) is 0.448. The minimum atomic E-state index is 0.661. The highest BCUT2D eigenvalue weighted by molar-refractivity contribution is 4.95. The Labute approximate surface area is 97.9 Å². The van der Waals surface area contributed by atoms with Gasteiger partial charge in [-0.05, 0) is 26.2 Å². The van der Waals surface area contributed by atoms with E-state index in [-0.39, 0.29) is 0 Å². The van der Waals surface area contributed by atoms with Crippen LogP contribution in [0.5, 0.6) is 0 Å². The molecule has 1 N–H and O–H groups in total. The Bertz CT molecular complexity index is 238. The van der Waals surface area contributed by atoms with Gasteiger partial charge in [-0.3, -0.25) is 10.3 Å². The van der Waals surface area contributed by atoms with E-state index in [0.29, 0.717) is 6.04 Å². The van der Waals surface area contributed by atoms with E-state index < -0.39 is 0 Å². The Morgan fingerprint density at radius 3 is 2.62 bits per heavy atom. The van der Waals surface area contributed by atoms with E-state index >= 15 is 0 Å². The molecule has 0 bridgehead atoms. The Hall–Kier alpha value is -0.160. The molecule has 2 atom stereocenters. The topological polar surface area (TPSA) is 27.7 Å². The molecule has 3 rings (SSSR count). The average molecular weight is 225 g/mol. The molecule has 4 nitrogen and oxygen atoms in total. The first-order chi connectivity index (χ1) is 7.83. The van der Waals surface area contributed by atoms with Crippen LogP contribution in [0.3, 0.4) is 0 Å². The molecule has 4 heteroatoms. The number of ether oxygens (including phenoxy) is 1. The van der Waals surface area contributed by atoms with Crippen LogP contribution in [0.1, 0.15) is 26.2 Å². The number of nitrogens with one attached hydrogen (secondary N) is 1. The van der Waals surface area contributed by atoms with Crippen molar-refractivity contribution in [1.29, 1.82) is 0 Å². The zero-order chi connectivity index (χ0) is 11.0. The predicted molar refractivity (Wildman–Crippen MR) is 63.1 cm³/mol. The summed E-state index contributed by atoms with van der Waals surface area (Å²) >= 11 is 0. The molecule has 0 aromatic heterocycles. The Balaban J connectivity index is 1.48. The molecule has 0 aromatic rings. The van der Waals surface area contributed by atoms with Gasteiger partial charge in [0.1, 0.15) is 0 Å². The molecule has 92 valence electrons. The summed E-state index contributed by atoms with van der Waals surface area (Å²) in [6.45, 7) is 7.44. The average Bonchev–Trinajstić information content (AvgIpc) is 3.06. The van der Waals surface area contributed by atoms with E-state index in [2.05, 4.69) is 22.3 Å². The molecule has 0 aromatic carbocycles. The molecular weight excluding hydrogens is 202 g/mol. The Morgan fingerprint density at radius 2 is 1.94 bits per heavy atom. The molecule has 2 heterocycles. The number of nitrogens with zero attached hydrogens (tertiary/aromatic N) is 2. The molecule has 16 heavy (non-hydrogen) atoms. The van der Waals surface area contributed by atoms with Gasteiger partial charge < -0.3 is 4.74 Å². The van der Waals surface area contributed by atoms with Crippen LogP contribution in [0.15, 0.2) is 0 Å². The van der Waals surface area contributed by atoms with E-state index in [1.54, 1.807) is 0 Å². The first-order valence-electron chi connectivity index (χ1n) is 6.67. The number of likely N-dealkylation sites (tertiary alicyclic amines) is 1. The monoisotopic (exact) mass is 225 g/mol. The first kappa shape index (κ1) is 11.0. The van der Waals surface area contributed by atoms with Crippen molar-refractivity contribution in [2.75, 3.05) is 32.8 Å². The third-order valence-electron chi connectivity index (χ3n) is 4.02. The van der Waals surface area contributed by atoms with Crippen LogP contribution in [-0.2, 0) is 4.74 Å². The van der Waals surface area contributed by atoms with Crippen molar-refractivity contribution in [2.45, 2.75) is 44.3 Å². The SMILES string of the molecule is CC1CC(NN2CCOCC2)CN1C1CC1. The van der Waals surface area contributed by atoms with E-state index in [0.717, 1.165) is 38.4 Å². The highest BCUT2D eigenvalue weighted by atomic mass is 16.5. The lowest BCUT2D eigenvalue weighted by Gasteiger charge is -2.30. The number of rotatable bonds is 3. The second-order valence-electron chi connectivity index (χ2n) is 5.44. The van der Waals surface area contributed by atoms with E-state index in [9.17, 15) is 0 Å². The van der Waals surface area contributed by atoms with Crippen molar-refractivity contribution in [3.05, 3.63) is 0 Å². The standard InChI is InChI=1S/C12H23N3O/c1-10-8-11(9-15(10)12-2-3-12)13-14-4-6-16-7-5-14/h10-13H,2-9H2,1H3. The summed E-state index contributed by atoms with van der Waals surface area (Å²) in [6, 6.07) is 2.34. The highest BCUT2D eigenvalue weighted by Crippen LogP contribution is 2.33. The maximum absolute atomic E-state index is 5.36. The third-order valence-corrected chi connectivity index (χ3v) is 4.02. The second kappa shape index (κ2) is 4.61. The molecule has 0 amide bonds. The normalized spacial score (nSPS) is 38.1. The molecular formula is C12H23N3O. The maximum Gasteiger partial charge on any atom is 0.0608 e. The van der Waals surface area contributed by atoms with Gasteiger partial charge in [0.25, 0.3) is 0 Å². The van der Waals surface area contributed by atoms with Gasteiger partial charge in [-0.25, -0.2) is 5.01 Å². The van der Waals surface area contributed by atoms with Crippen LogP contribution in [0, 0.1) is 0 Å². The van der Waals surface area contributed by atoms with Crippen LogP contribution in [0.25, 0.3) is 0 Å². The van der Waals surface area contributed by atoms with E-state index in [1.807, 2.05) is 0 Å². The number of hydrazine groups is 1. The first-order valence-corrected chi connectivity index (χ1v) is 6.67. The van der Waals surface area contributed by atoms with Gasteiger partial charge in [0.15, 0.2) is 0 Å². The zero-order valence-electron chi connectivity index (χ0n) is 10.2. The van der Waals surface area contributed by atoms with Crippen LogP contribution in [0.2, 0.25) is 0 Å². The summed E-state index contributed by atoms with van der Waals surface area (Å²) in [6.07, 6.45) is 4.15. The molecule has 1 saturated carbocycles. The summed E-state index contributed by atoms with van der Waals surface area (Å²) in [5.74, 6) is 0. The van der Waals surface area contributed by atoms with E-state index in [1.165, 1.54) is 25.8 Å². The smallest absolute Gasteiger partial charge is 0.0608 e. The molecule has 2 aliphatic heterocycles. The fourth-order valence-corrected chi connectivity index (χ4v) is 3.02. The van der Waals surface area contributed by atoms with Crippen LogP contribution < -0.4 is 5.43 Å².